The first-order valence-corrected chi connectivity index (χ1v) is 8.50. The second-order valence-electron chi connectivity index (χ2n) is 6.31. The van der Waals surface area contributed by atoms with E-state index >= 15 is 0 Å². The molecule has 0 bridgehead atoms. The minimum absolute atomic E-state index is 0.0963. The molecule has 6 nitrogen and oxygen atoms in total. The van der Waals surface area contributed by atoms with Gasteiger partial charge in [0.25, 0.3) is 11.5 Å². The summed E-state index contributed by atoms with van der Waals surface area (Å²) >= 11 is 0. The van der Waals surface area contributed by atoms with Crippen LogP contribution in [-0.2, 0) is 6.54 Å². The van der Waals surface area contributed by atoms with Crippen LogP contribution in [0.1, 0.15) is 16.1 Å². The average Bonchev–Trinajstić information content (AvgIpc) is 3.16. The molecule has 2 aromatic heterocycles. The number of hydrogen-bond donors (Lipinski definition) is 1. The van der Waals surface area contributed by atoms with Crippen molar-refractivity contribution in [2.75, 3.05) is 7.05 Å². The van der Waals surface area contributed by atoms with Gasteiger partial charge in [-0.25, -0.2) is 0 Å². The van der Waals surface area contributed by atoms with Crippen molar-refractivity contribution in [2.24, 2.45) is 0 Å². The number of hydrogen-bond acceptors (Lipinski definition) is 4. The fraction of sp³-hybridized carbons (Fsp3) is 0.0952. The Bertz CT molecular complexity index is 1160. The molecule has 27 heavy (non-hydrogen) atoms. The third-order valence-corrected chi connectivity index (χ3v) is 4.35. The van der Waals surface area contributed by atoms with E-state index in [9.17, 15) is 9.59 Å². The third-order valence-electron chi connectivity index (χ3n) is 4.35. The number of fused-ring (bicyclic) bond motifs is 1. The summed E-state index contributed by atoms with van der Waals surface area (Å²) in [5.74, 6) is 0.168. The summed E-state index contributed by atoms with van der Waals surface area (Å²) in [5.41, 5.74) is 2.03. The zero-order valence-electron chi connectivity index (χ0n) is 14.7. The molecule has 0 spiro atoms. The third kappa shape index (κ3) is 3.37. The zero-order valence-corrected chi connectivity index (χ0v) is 14.7. The largest absolute Gasteiger partial charge is 0.359 e. The second-order valence-corrected chi connectivity index (χ2v) is 6.31. The van der Waals surface area contributed by atoms with Crippen LogP contribution in [0.15, 0.2) is 76.0 Å². The Morgan fingerprint density at radius 2 is 1.81 bits per heavy atom. The molecule has 0 radical (unpaired) electrons. The van der Waals surface area contributed by atoms with Crippen molar-refractivity contribution in [1.82, 2.24) is 15.0 Å². The van der Waals surface area contributed by atoms with Crippen molar-refractivity contribution < 1.29 is 9.32 Å². The van der Waals surface area contributed by atoms with Crippen LogP contribution in [0.25, 0.3) is 22.2 Å². The molecule has 0 aliphatic heterocycles. The van der Waals surface area contributed by atoms with Crippen LogP contribution < -0.4 is 5.56 Å². The highest BCUT2D eigenvalue weighted by molar-refractivity contribution is 5.97. The summed E-state index contributed by atoms with van der Waals surface area (Å²) in [7, 11) is 1.63. The molecule has 0 unspecified atom stereocenters. The lowest BCUT2D eigenvalue weighted by Crippen LogP contribution is -2.31. The molecule has 4 aromatic rings. The van der Waals surface area contributed by atoms with Gasteiger partial charge in [0.2, 0.25) is 0 Å². The molecule has 0 aliphatic carbocycles. The summed E-state index contributed by atoms with van der Waals surface area (Å²) in [6, 6.07) is 20.4. The average molecular weight is 359 g/mol. The fourth-order valence-corrected chi connectivity index (χ4v) is 2.95. The van der Waals surface area contributed by atoms with Crippen molar-refractivity contribution in [3.63, 3.8) is 0 Å². The minimum Gasteiger partial charge on any atom is -0.359 e. The number of amides is 1. The molecule has 1 amide bonds. The van der Waals surface area contributed by atoms with E-state index < -0.39 is 5.56 Å². The van der Waals surface area contributed by atoms with Crippen molar-refractivity contribution in [3.8, 4) is 11.3 Å². The number of nitrogens with one attached hydrogen (secondary N) is 1. The van der Waals surface area contributed by atoms with Crippen LogP contribution in [0.4, 0.5) is 0 Å². The number of carbonyl (C=O) groups excluding carboxylic acids is 1. The van der Waals surface area contributed by atoms with Gasteiger partial charge in [0.1, 0.15) is 11.3 Å². The quantitative estimate of drug-likeness (QED) is 0.605. The van der Waals surface area contributed by atoms with E-state index in [1.165, 1.54) is 4.90 Å². The number of aromatic nitrogens is 2. The lowest BCUT2D eigenvalue weighted by Gasteiger charge is -2.15. The summed E-state index contributed by atoms with van der Waals surface area (Å²) in [6.07, 6.45) is 0. The van der Waals surface area contributed by atoms with Gasteiger partial charge in [-0.15, -0.1) is 0 Å². The molecule has 2 heterocycles. The van der Waals surface area contributed by atoms with Gasteiger partial charge < -0.3 is 14.4 Å². The molecule has 134 valence electrons. The predicted molar refractivity (Wildman–Crippen MR) is 102 cm³/mol. The van der Waals surface area contributed by atoms with Gasteiger partial charge in [-0.2, -0.15) is 0 Å². The first-order chi connectivity index (χ1) is 13.1. The molecule has 4 rings (SSSR count). The molecule has 6 heteroatoms. The van der Waals surface area contributed by atoms with E-state index in [0.29, 0.717) is 17.0 Å². The Hall–Kier alpha value is -3.67. The van der Waals surface area contributed by atoms with E-state index in [4.69, 9.17) is 4.52 Å². The highest BCUT2D eigenvalue weighted by atomic mass is 16.5. The lowest BCUT2D eigenvalue weighted by atomic mass is 10.1. The van der Waals surface area contributed by atoms with Crippen LogP contribution in [0, 0.1) is 0 Å². The van der Waals surface area contributed by atoms with E-state index in [1.807, 2.05) is 48.5 Å². The topological polar surface area (TPSA) is 79.2 Å². The number of carbonyl (C=O) groups is 1. The van der Waals surface area contributed by atoms with Gasteiger partial charge in [0, 0.05) is 24.2 Å². The van der Waals surface area contributed by atoms with Gasteiger partial charge in [-0.3, -0.25) is 9.59 Å². The summed E-state index contributed by atoms with van der Waals surface area (Å²) in [5, 5.41) is 4.85. The van der Waals surface area contributed by atoms with Crippen LogP contribution in [0.5, 0.6) is 0 Å². The highest BCUT2D eigenvalue weighted by Crippen LogP contribution is 2.19. The molecule has 0 aliphatic rings. The molecule has 2 aromatic carbocycles. The Morgan fingerprint density at radius 3 is 2.63 bits per heavy atom. The van der Waals surface area contributed by atoms with Crippen molar-refractivity contribution >= 4 is 16.8 Å². The van der Waals surface area contributed by atoms with E-state index in [1.54, 1.807) is 25.2 Å². The second kappa shape index (κ2) is 6.92. The van der Waals surface area contributed by atoms with Gasteiger partial charge in [0.05, 0.1) is 6.54 Å². The number of benzene rings is 2. The van der Waals surface area contributed by atoms with Crippen LogP contribution in [0.3, 0.4) is 0 Å². The molecule has 0 atom stereocenters. The number of nitrogens with zero attached hydrogens (tertiary/aromatic N) is 2. The predicted octanol–water partition coefficient (Wildman–Crippen LogP) is 3.46. The number of para-hydroxylation sites is 1. The maximum atomic E-state index is 12.7. The van der Waals surface area contributed by atoms with Gasteiger partial charge >= 0.3 is 0 Å². The highest BCUT2D eigenvalue weighted by Gasteiger charge is 2.18. The molecular formula is C21H17N3O3. The maximum absolute atomic E-state index is 12.7. The Balaban J connectivity index is 1.56. The Morgan fingerprint density at radius 1 is 1.07 bits per heavy atom. The number of pyridine rings is 1. The zero-order chi connectivity index (χ0) is 18.8. The summed E-state index contributed by atoms with van der Waals surface area (Å²) in [4.78, 5) is 29.2. The van der Waals surface area contributed by atoms with Crippen LogP contribution in [0.2, 0.25) is 0 Å². The molecule has 0 saturated carbocycles. The smallest absolute Gasteiger partial charge is 0.261 e. The molecule has 1 N–H and O–H groups in total. The maximum Gasteiger partial charge on any atom is 0.261 e. The van der Waals surface area contributed by atoms with Crippen LogP contribution in [-0.4, -0.2) is 28.0 Å². The lowest BCUT2D eigenvalue weighted by molar-refractivity contribution is 0.0770. The van der Waals surface area contributed by atoms with Crippen molar-refractivity contribution in [2.45, 2.75) is 6.54 Å². The summed E-state index contributed by atoms with van der Waals surface area (Å²) in [6.45, 7) is 0.213. The van der Waals surface area contributed by atoms with E-state index in [-0.39, 0.29) is 18.0 Å². The monoisotopic (exact) mass is 359 g/mol. The van der Waals surface area contributed by atoms with Gasteiger partial charge in [-0.05, 0) is 17.5 Å². The first-order valence-electron chi connectivity index (χ1n) is 8.50. The molecular weight excluding hydrogens is 342 g/mol. The normalized spacial score (nSPS) is 10.9. The Kier molecular flexibility index (Phi) is 4.30. The number of H-pyrrole nitrogens is 1. The van der Waals surface area contributed by atoms with Crippen molar-refractivity contribution in [3.05, 3.63) is 88.4 Å². The van der Waals surface area contributed by atoms with Gasteiger partial charge in [0.15, 0.2) is 5.76 Å². The SMILES string of the molecule is CN(Cc1cc(-c2ccccc2)no1)C(=O)c1cc2ccccc2[nH]c1=O. The fourth-order valence-electron chi connectivity index (χ4n) is 2.95. The molecule has 0 fully saturated rings. The van der Waals surface area contributed by atoms with Crippen molar-refractivity contribution in [1.29, 1.82) is 0 Å². The molecule has 0 saturated heterocycles. The van der Waals surface area contributed by atoms with E-state index in [0.717, 1.165) is 10.9 Å². The first kappa shape index (κ1) is 16.8. The number of rotatable bonds is 4. The minimum atomic E-state index is -0.409. The number of aromatic amines is 1. The standard InChI is InChI=1S/C21H17N3O3/c1-24(13-16-12-19(23-27-16)14-7-3-2-4-8-14)21(26)17-11-15-9-5-6-10-18(15)22-20(17)25/h2-12H,13H2,1H3,(H,22,25). The van der Waals surface area contributed by atoms with Gasteiger partial charge in [-0.1, -0.05) is 53.7 Å². The summed E-state index contributed by atoms with van der Waals surface area (Å²) < 4.78 is 5.35. The van der Waals surface area contributed by atoms with E-state index in [2.05, 4.69) is 10.1 Å². The Labute approximate surface area is 155 Å². The van der Waals surface area contributed by atoms with Crippen LogP contribution >= 0.6 is 0 Å².